The summed E-state index contributed by atoms with van der Waals surface area (Å²) >= 11 is 0. The van der Waals surface area contributed by atoms with E-state index in [1.807, 2.05) is 0 Å². The van der Waals surface area contributed by atoms with Gasteiger partial charge in [0.1, 0.15) is 0 Å². The number of hydrogen-bond acceptors (Lipinski definition) is 5. The molecule has 0 bridgehead atoms. The lowest BCUT2D eigenvalue weighted by Crippen LogP contribution is -2.42. The topological polar surface area (TPSA) is 113 Å². The largest absolute Gasteiger partial charge is 0.481 e. The summed E-state index contributed by atoms with van der Waals surface area (Å²) in [7, 11) is -3.46. The minimum atomic E-state index is -3.46. The molecule has 1 saturated carbocycles. The van der Waals surface area contributed by atoms with Crippen molar-refractivity contribution >= 4 is 21.9 Å². The Balaban J connectivity index is 1.74. The highest BCUT2D eigenvalue weighted by Crippen LogP contribution is 2.45. The van der Waals surface area contributed by atoms with E-state index in [1.165, 1.54) is 4.31 Å². The molecule has 8 nitrogen and oxygen atoms in total. The average molecular weight is 320 g/mol. The molecule has 1 aliphatic heterocycles. The highest BCUT2D eigenvalue weighted by Gasteiger charge is 2.50. The Morgan fingerprint density at radius 1 is 1.24 bits per heavy atom. The molecule has 9 heteroatoms. The SMILES string of the molecule is O=C(CCS(=O)(=O)N1CCOCC1)NCC1(C(=O)O)CC1. The normalized spacial score (nSPS) is 21.7. The molecule has 1 amide bonds. The first-order chi connectivity index (χ1) is 9.86. The van der Waals surface area contributed by atoms with Crippen molar-refractivity contribution in [2.45, 2.75) is 19.3 Å². The maximum atomic E-state index is 12.0. The molecule has 0 aromatic heterocycles. The molecule has 120 valence electrons. The predicted molar refractivity (Wildman–Crippen MR) is 73.1 cm³/mol. The van der Waals surface area contributed by atoms with E-state index in [2.05, 4.69) is 5.32 Å². The van der Waals surface area contributed by atoms with E-state index in [1.54, 1.807) is 0 Å². The first-order valence-electron chi connectivity index (χ1n) is 6.91. The van der Waals surface area contributed by atoms with Gasteiger partial charge >= 0.3 is 5.97 Å². The van der Waals surface area contributed by atoms with Crippen LogP contribution in [0.5, 0.6) is 0 Å². The summed E-state index contributed by atoms with van der Waals surface area (Å²) in [4.78, 5) is 22.6. The predicted octanol–water partition coefficient (Wildman–Crippen LogP) is -0.980. The van der Waals surface area contributed by atoms with E-state index >= 15 is 0 Å². The molecular weight excluding hydrogens is 300 g/mol. The Kier molecular flexibility index (Phi) is 4.84. The van der Waals surface area contributed by atoms with Gasteiger partial charge in [-0.2, -0.15) is 4.31 Å². The van der Waals surface area contributed by atoms with Crippen LogP contribution in [0.4, 0.5) is 0 Å². The molecule has 2 N–H and O–H groups in total. The van der Waals surface area contributed by atoms with Gasteiger partial charge in [-0.1, -0.05) is 0 Å². The number of aliphatic carboxylic acids is 1. The van der Waals surface area contributed by atoms with Gasteiger partial charge < -0.3 is 15.2 Å². The van der Waals surface area contributed by atoms with E-state index in [9.17, 15) is 18.0 Å². The van der Waals surface area contributed by atoms with Gasteiger partial charge in [0.05, 0.1) is 24.4 Å². The summed E-state index contributed by atoms with van der Waals surface area (Å²) in [5, 5.41) is 11.5. The number of carbonyl (C=O) groups is 2. The summed E-state index contributed by atoms with van der Waals surface area (Å²) in [5.74, 6) is -1.61. The summed E-state index contributed by atoms with van der Waals surface area (Å²) < 4.78 is 30.4. The molecule has 2 fully saturated rings. The monoisotopic (exact) mass is 320 g/mol. The van der Waals surface area contributed by atoms with Gasteiger partial charge in [-0.15, -0.1) is 0 Å². The van der Waals surface area contributed by atoms with Gasteiger partial charge in [0.25, 0.3) is 0 Å². The Morgan fingerprint density at radius 3 is 2.38 bits per heavy atom. The third-order valence-corrected chi connectivity index (χ3v) is 5.75. The lowest BCUT2D eigenvalue weighted by Gasteiger charge is -2.25. The number of hydrogen-bond donors (Lipinski definition) is 2. The zero-order valence-corrected chi connectivity index (χ0v) is 12.5. The summed E-state index contributed by atoms with van der Waals surface area (Å²) in [6, 6.07) is 0. The van der Waals surface area contributed by atoms with Crippen LogP contribution >= 0.6 is 0 Å². The van der Waals surface area contributed by atoms with Gasteiger partial charge in [0.2, 0.25) is 15.9 Å². The lowest BCUT2D eigenvalue weighted by molar-refractivity contribution is -0.143. The maximum absolute atomic E-state index is 12.0. The van der Waals surface area contributed by atoms with Crippen molar-refractivity contribution in [2.24, 2.45) is 5.41 Å². The highest BCUT2D eigenvalue weighted by atomic mass is 32.2. The summed E-state index contributed by atoms with van der Waals surface area (Å²) in [5.41, 5.74) is -0.835. The number of amides is 1. The summed E-state index contributed by atoms with van der Waals surface area (Å²) in [6.07, 6.45) is 0.943. The quantitative estimate of drug-likeness (QED) is 0.623. The molecule has 0 atom stereocenters. The van der Waals surface area contributed by atoms with E-state index < -0.39 is 27.3 Å². The number of sulfonamides is 1. The molecule has 0 unspecified atom stereocenters. The molecule has 2 aliphatic rings. The number of nitrogens with zero attached hydrogens (tertiary/aromatic N) is 1. The number of rotatable bonds is 7. The second kappa shape index (κ2) is 6.29. The molecule has 0 spiro atoms. The fraction of sp³-hybridized carbons (Fsp3) is 0.833. The number of nitrogens with one attached hydrogen (secondary N) is 1. The van der Waals surface area contributed by atoms with Gasteiger partial charge in [-0.25, -0.2) is 8.42 Å². The van der Waals surface area contributed by atoms with E-state index in [0.717, 1.165) is 0 Å². The highest BCUT2D eigenvalue weighted by molar-refractivity contribution is 7.89. The van der Waals surface area contributed by atoms with E-state index in [4.69, 9.17) is 9.84 Å². The average Bonchev–Trinajstić information content (AvgIpc) is 3.25. The third kappa shape index (κ3) is 4.14. The van der Waals surface area contributed by atoms with Crippen molar-refractivity contribution in [3.8, 4) is 0 Å². The van der Waals surface area contributed by atoms with Gasteiger partial charge in [-0.05, 0) is 12.8 Å². The van der Waals surface area contributed by atoms with Crippen molar-refractivity contribution in [3.63, 3.8) is 0 Å². The molecule has 0 aromatic rings. The van der Waals surface area contributed by atoms with Crippen LogP contribution < -0.4 is 5.32 Å². The Hall–Kier alpha value is -1.19. The molecule has 21 heavy (non-hydrogen) atoms. The maximum Gasteiger partial charge on any atom is 0.311 e. The van der Waals surface area contributed by atoms with Crippen LogP contribution in [0, 0.1) is 5.41 Å². The first-order valence-corrected chi connectivity index (χ1v) is 8.52. The number of carboxylic acids is 1. The minimum absolute atomic E-state index is 0.0682. The third-order valence-electron chi connectivity index (χ3n) is 3.88. The number of ether oxygens (including phenoxy) is 1. The van der Waals surface area contributed by atoms with Gasteiger partial charge in [0.15, 0.2) is 0 Å². The van der Waals surface area contributed by atoms with Crippen LogP contribution in [-0.2, 0) is 24.3 Å². The summed E-state index contributed by atoms with van der Waals surface area (Å²) in [6.45, 7) is 1.43. The molecule has 0 aromatic carbocycles. The Morgan fingerprint density at radius 2 is 1.86 bits per heavy atom. The number of carbonyl (C=O) groups excluding carboxylic acids is 1. The van der Waals surface area contributed by atoms with Crippen LogP contribution in [0.1, 0.15) is 19.3 Å². The van der Waals surface area contributed by atoms with Crippen LogP contribution in [0.3, 0.4) is 0 Å². The standard InChI is InChI=1S/C12H20N2O6S/c15-10(13-9-12(2-3-12)11(16)17)1-8-21(18,19)14-4-6-20-7-5-14/h1-9H2,(H,13,15)(H,16,17). The van der Waals surface area contributed by atoms with Crippen LogP contribution in [-0.4, -0.2) is 68.3 Å². The fourth-order valence-electron chi connectivity index (χ4n) is 2.15. The zero-order chi connectivity index (χ0) is 15.5. The second-order valence-electron chi connectivity index (χ2n) is 5.44. The van der Waals surface area contributed by atoms with Crippen molar-refractivity contribution in [3.05, 3.63) is 0 Å². The molecule has 2 rings (SSSR count). The number of carboxylic acid groups (broad SMARTS) is 1. The Bertz CT molecular complexity index is 508. The van der Waals surface area contributed by atoms with Gasteiger partial charge in [-0.3, -0.25) is 9.59 Å². The van der Waals surface area contributed by atoms with Crippen LogP contribution in [0.2, 0.25) is 0 Å². The smallest absolute Gasteiger partial charge is 0.311 e. The molecule has 1 saturated heterocycles. The molecule has 1 heterocycles. The molecule has 0 radical (unpaired) electrons. The number of morpholine rings is 1. The fourth-order valence-corrected chi connectivity index (χ4v) is 3.56. The van der Waals surface area contributed by atoms with Gasteiger partial charge in [0, 0.05) is 26.1 Å². The van der Waals surface area contributed by atoms with Crippen molar-refractivity contribution in [2.75, 3.05) is 38.6 Å². The molecular formula is C12H20N2O6S. The van der Waals surface area contributed by atoms with Crippen molar-refractivity contribution in [1.29, 1.82) is 0 Å². The first kappa shape index (κ1) is 16.2. The van der Waals surface area contributed by atoms with Crippen LogP contribution in [0.15, 0.2) is 0 Å². The van der Waals surface area contributed by atoms with Crippen LogP contribution in [0.25, 0.3) is 0 Å². The molecule has 1 aliphatic carbocycles. The van der Waals surface area contributed by atoms with E-state index in [-0.39, 0.29) is 18.7 Å². The Labute approximate surface area is 123 Å². The van der Waals surface area contributed by atoms with E-state index in [0.29, 0.717) is 39.1 Å². The van der Waals surface area contributed by atoms with Crippen molar-refractivity contribution < 1.29 is 27.9 Å². The zero-order valence-electron chi connectivity index (χ0n) is 11.7. The minimum Gasteiger partial charge on any atom is -0.481 e. The second-order valence-corrected chi connectivity index (χ2v) is 7.53. The lowest BCUT2D eigenvalue weighted by atomic mass is 10.1. The van der Waals surface area contributed by atoms with Crippen molar-refractivity contribution in [1.82, 2.24) is 9.62 Å².